The van der Waals surface area contributed by atoms with Crippen molar-refractivity contribution in [2.75, 3.05) is 19.5 Å². The van der Waals surface area contributed by atoms with Crippen LogP contribution >= 0.6 is 0 Å². The van der Waals surface area contributed by atoms with Crippen LogP contribution in [0.5, 0.6) is 17.2 Å². The zero-order valence-corrected chi connectivity index (χ0v) is 15.5. The number of ether oxygens (including phenoxy) is 2. The molecule has 2 aromatic rings. The molecule has 0 aliphatic heterocycles. The summed E-state index contributed by atoms with van der Waals surface area (Å²) in [6.07, 6.45) is -3.59. The predicted molar refractivity (Wildman–Crippen MR) is 93.4 cm³/mol. The molecule has 0 fully saturated rings. The van der Waals surface area contributed by atoms with Crippen LogP contribution in [0.25, 0.3) is 0 Å². The first kappa shape index (κ1) is 21.0. The Hall–Kier alpha value is -2.26. The van der Waals surface area contributed by atoms with Gasteiger partial charge in [-0.05, 0) is 30.3 Å². The van der Waals surface area contributed by atoms with Crippen molar-refractivity contribution >= 4 is 10.1 Å². The van der Waals surface area contributed by atoms with Gasteiger partial charge in [0.1, 0.15) is 5.75 Å². The van der Waals surface area contributed by atoms with Crippen molar-refractivity contribution in [3.05, 3.63) is 54.1 Å². The smallest absolute Gasteiger partial charge is 0.416 e. The van der Waals surface area contributed by atoms with E-state index in [1.165, 1.54) is 6.07 Å². The average molecular weight is 404 g/mol. The molecule has 5 nitrogen and oxygen atoms in total. The Balaban J connectivity index is 2.16. The van der Waals surface area contributed by atoms with E-state index in [0.29, 0.717) is 5.75 Å². The highest BCUT2D eigenvalue weighted by Gasteiger charge is 2.31. The summed E-state index contributed by atoms with van der Waals surface area (Å²) in [6.45, 7) is 1.62. The second-order valence-corrected chi connectivity index (χ2v) is 7.62. The first-order valence-corrected chi connectivity index (χ1v) is 9.77. The summed E-state index contributed by atoms with van der Waals surface area (Å²) in [5.74, 6) is 0.0621. The number of benzene rings is 2. The predicted octanol–water partition coefficient (Wildman–Crippen LogP) is 4.49. The molecule has 0 saturated carbocycles. The van der Waals surface area contributed by atoms with Crippen LogP contribution in [0.15, 0.2) is 48.5 Å². The lowest BCUT2D eigenvalue weighted by atomic mass is 10.2. The topological polar surface area (TPSA) is 61.8 Å². The summed E-state index contributed by atoms with van der Waals surface area (Å²) in [4.78, 5) is 0. The van der Waals surface area contributed by atoms with E-state index in [9.17, 15) is 21.6 Å². The summed E-state index contributed by atoms with van der Waals surface area (Å²) >= 11 is 0. The van der Waals surface area contributed by atoms with Crippen molar-refractivity contribution in [2.45, 2.75) is 13.1 Å². The fraction of sp³-hybridized carbons (Fsp3) is 0.333. The van der Waals surface area contributed by atoms with E-state index in [1.807, 2.05) is 0 Å². The average Bonchev–Trinajstić information content (AvgIpc) is 2.58. The lowest BCUT2D eigenvalue weighted by Crippen LogP contribution is -2.17. The molecule has 0 amide bonds. The third-order valence-electron chi connectivity index (χ3n) is 3.33. The number of hydrogen-bond acceptors (Lipinski definition) is 5. The van der Waals surface area contributed by atoms with Crippen LogP contribution in [0.1, 0.15) is 12.5 Å². The van der Waals surface area contributed by atoms with Crippen LogP contribution in [-0.2, 0) is 20.5 Å². The quantitative estimate of drug-likeness (QED) is 0.607. The van der Waals surface area contributed by atoms with Crippen LogP contribution < -0.4 is 9.47 Å². The van der Waals surface area contributed by atoms with Gasteiger partial charge in [0.25, 0.3) is 10.1 Å². The summed E-state index contributed by atoms with van der Waals surface area (Å²) in [5, 5.41) is 0. The van der Waals surface area contributed by atoms with E-state index in [0.717, 1.165) is 18.4 Å². The standard InChI is InChI=1S/C18H19F3O5S/c1-13(12-25-27(2,22)23)11-24-16-9-8-14(18(19,20)21)10-17(16)26-15-6-4-3-5-7-15/h3-10,13H,11-12H2,1-2H3. The molecule has 0 aromatic heterocycles. The van der Waals surface area contributed by atoms with Crippen LogP contribution in [-0.4, -0.2) is 27.9 Å². The Bertz CT molecular complexity index is 851. The Morgan fingerprint density at radius 2 is 1.67 bits per heavy atom. The van der Waals surface area contributed by atoms with Crippen LogP contribution in [0.4, 0.5) is 13.2 Å². The number of para-hydroxylation sites is 1. The van der Waals surface area contributed by atoms with Crippen LogP contribution in [0.3, 0.4) is 0 Å². The van der Waals surface area contributed by atoms with E-state index >= 15 is 0 Å². The molecule has 0 saturated heterocycles. The molecule has 2 rings (SSSR count). The maximum Gasteiger partial charge on any atom is 0.416 e. The van der Waals surface area contributed by atoms with Gasteiger partial charge >= 0.3 is 6.18 Å². The van der Waals surface area contributed by atoms with E-state index in [1.54, 1.807) is 37.3 Å². The van der Waals surface area contributed by atoms with Gasteiger partial charge in [-0.1, -0.05) is 25.1 Å². The molecule has 1 unspecified atom stereocenters. The zero-order chi connectivity index (χ0) is 20.1. The highest BCUT2D eigenvalue weighted by molar-refractivity contribution is 7.85. The molecule has 0 spiro atoms. The first-order chi connectivity index (χ1) is 12.5. The lowest BCUT2D eigenvalue weighted by Gasteiger charge is -2.17. The van der Waals surface area contributed by atoms with E-state index in [-0.39, 0.29) is 30.6 Å². The third kappa shape index (κ3) is 7.10. The molecule has 27 heavy (non-hydrogen) atoms. The molecule has 148 valence electrons. The van der Waals surface area contributed by atoms with Crippen molar-refractivity contribution < 1.29 is 35.2 Å². The number of alkyl halides is 3. The molecule has 0 aliphatic carbocycles. The number of hydrogen-bond donors (Lipinski definition) is 0. The minimum Gasteiger partial charge on any atom is -0.489 e. The Kier molecular flexibility index (Phi) is 6.72. The van der Waals surface area contributed by atoms with Crippen molar-refractivity contribution in [2.24, 2.45) is 5.92 Å². The Morgan fingerprint density at radius 1 is 1.00 bits per heavy atom. The molecule has 0 bridgehead atoms. The highest BCUT2D eigenvalue weighted by atomic mass is 32.2. The fourth-order valence-electron chi connectivity index (χ4n) is 2.02. The van der Waals surface area contributed by atoms with Crippen LogP contribution in [0, 0.1) is 5.92 Å². The van der Waals surface area contributed by atoms with Gasteiger partial charge in [-0.2, -0.15) is 21.6 Å². The van der Waals surface area contributed by atoms with E-state index in [2.05, 4.69) is 4.18 Å². The second kappa shape index (κ2) is 8.62. The maximum atomic E-state index is 13.0. The normalized spacial score (nSPS) is 13.2. The molecule has 0 aliphatic rings. The largest absolute Gasteiger partial charge is 0.489 e. The van der Waals surface area contributed by atoms with Gasteiger partial charge < -0.3 is 9.47 Å². The third-order valence-corrected chi connectivity index (χ3v) is 3.90. The van der Waals surface area contributed by atoms with Gasteiger partial charge in [-0.15, -0.1) is 0 Å². The number of halogens is 3. The van der Waals surface area contributed by atoms with Gasteiger partial charge in [0, 0.05) is 5.92 Å². The lowest BCUT2D eigenvalue weighted by molar-refractivity contribution is -0.137. The summed E-state index contributed by atoms with van der Waals surface area (Å²) in [7, 11) is -3.58. The van der Waals surface area contributed by atoms with Gasteiger partial charge in [-0.25, -0.2) is 0 Å². The molecular formula is C18H19F3O5S. The van der Waals surface area contributed by atoms with Crippen molar-refractivity contribution in [1.29, 1.82) is 0 Å². The zero-order valence-electron chi connectivity index (χ0n) is 14.7. The SMILES string of the molecule is CC(COc1ccc(C(F)(F)F)cc1Oc1ccccc1)COS(C)(=O)=O. The molecular weight excluding hydrogens is 385 g/mol. The van der Waals surface area contributed by atoms with E-state index in [4.69, 9.17) is 9.47 Å². The molecule has 1 atom stereocenters. The molecule has 0 radical (unpaired) electrons. The minimum absolute atomic E-state index is 0.0338. The Morgan fingerprint density at radius 3 is 2.26 bits per heavy atom. The van der Waals surface area contributed by atoms with Crippen molar-refractivity contribution in [1.82, 2.24) is 0 Å². The Labute approximate surface area is 155 Å². The fourth-order valence-corrected chi connectivity index (χ4v) is 2.50. The first-order valence-electron chi connectivity index (χ1n) is 7.96. The van der Waals surface area contributed by atoms with Crippen molar-refractivity contribution in [3.8, 4) is 17.2 Å². The summed E-state index contributed by atoms with van der Waals surface area (Å²) in [5.41, 5.74) is -0.866. The molecule has 9 heteroatoms. The maximum absolute atomic E-state index is 13.0. The van der Waals surface area contributed by atoms with Crippen molar-refractivity contribution in [3.63, 3.8) is 0 Å². The van der Waals surface area contributed by atoms with Gasteiger partial charge in [0.15, 0.2) is 11.5 Å². The van der Waals surface area contributed by atoms with Crippen LogP contribution in [0.2, 0.25) is 0 Å². The monoisotopic (exact) mass is 404 g/mol. The number of rotatable bonds is 8. The van der Waals surface area contributed by atoms with E-state index < -0.39 is 21.9 Å². The molecule has 0 N–H and O–H groups in total. The highest BCUT2D eigenvalue weighted by Crippen LogP contribution is 2.38. The summed E-state index contributed by atoms with van der Waals surface area (Å²) < 4.78 is 76.8. The van der Waals surface area contributed by atoms with Gasteiger partial charge in [-0.3, -0.25) is 4.18 Å². The minimum atomic E-state index is -4.52. The van der Waals surface area contributed by atoms with Gasteiger partial charge in [0.05, 0.1) is 25.0 Å². The van der Waals surface area contributed by atoms with Gasteiger partial charge in [0.2, 0.25) is 0 Å². The molecule has 2 aromatic carbocycles. The molecule has 0 heterocycles. The summed E-state index contributed by atoms with van der Waals surface area (Å²) in [6, 6.07) is 11.3. The second-order valence-electron chi connectivity index (χ2n) is 5.98.